The summed E-state index contributed by atoms with van der Waals surface area (Å²) in [6, 6.07) is 27.1. The lowest BCUT2D eigenvalue weighted by molar-refractivity contribution is -0.0143. The highest BCUT2D eigenvalue weighted by molar-refractivity contribution is 5.90. The van der Waals surface area contributed by atoms with Crippen LogP contribution in [0.1, 0.15) is 79.6 Å². The highest BCUT2D eigenvalue weighted by Gasteiger charge is 2.35. The van der Waals surface area contributed by atoms with Crippen molar-refractivity contribution in [3.05, 3.63) is 113 Å². The number of ether oxygens (including phenoxy) is 3. The molecule has 1 aliphatic rings. The van der Waals surface area contributed by atoms with Crippen molar-refractivity contribution in [1.82, 2.24) is 9.97 Å². The molecule has 1 heterocycles. The number of nitrogens with zero attached hydrogens (tertiary/aromatic N) is 2. The molecule has 0 saturated heterocycles. The van der Waals surface area contributed by atoms with Crippen molar-refractivity contribution >= 4 is 5.97 Å². The maximum Gasteiger partial charge on any atom is 0.361 e. The minimum Gasteiger partial charge on any atom is -0.484 e. The van der Waals surface area contributed by atoms with Gasteiger partial charge in [0.15, 0.2) is 11.4 Å². The van der Waals surface area contributed by atoms with Gasteiger partial charge in [-0.2, -0.15) is 0 Å². The molecule has 1 aromatic heterocycles. The summed E-state index contributed by atoms with van der Waals surface area (Å²) in [5.41, 5.74) is 1.06. The standard InChI is InChI=1S/C36H40N2O5/c1-25-33(41-24-27-11-7-5-8-12-27)32(34(39)43-35(2,3)4)38-31(37-25)23-26-19-21-36(40,22-20-26)28-15-17-30(18-16-28)42-29-13-9-6-10-14-29/h5-18,26,40H,19-24H2,1-4H3. The Kier molecular flexibility index (Phi) is 9.11. The van der Waals surface area contributed by atoms with Crippen molar-refractivity contribution in [3.8, 4) is 17.2 Å². The van der Waals surface area contributed by atoms with Gasteiger partial charge in [-0.15, -0.1) is 0 Å². The maximum absolute atomic E-state index is 13.2. The van der Waals surface area contributed by atoms with Gasteiger partial charge in [-0.05, 0) is 94.7 Å². The van der Waals surface area contributed by atoms with Crippen LogP contribution in [0.2, 0.25) is 0 Å². The van der Waals surface area contributed by atoms with E-state index in [1.54, 1.807) is 0 Å². The lowest BCUT2D eigenvalue weighted by atomic mass is 9.74. The summed E-state index contributed by atoms with van der Waals surface area (Å²) in [4.78, 5) is 22.6. The first-order valence-corrected chi connectivity index (χ1v) is 14.9. The number of esters is 1. The Morgan fingerprint density at radius 2 is 1.49 bits per heavy atom. The summed E-state index contributed by atoms with van der Waals surface area (Å²) >= 11 is 0. The van der Waals surface area contributed by atoms with Crippen LogP contribution < -0.4 is 9.47 Å². The fourth-order valence-corrected chi connectivity index (χ4v) is 5.44. The molecule has 0 atom stereocenters. The van der Waals surface area contributed by atoms with E-state index in [2.05, 4.69) is 4.98 Å². The summed E-state index contributed by atoms with van der Waals surface area (Å²) in [5.74, 6) is 2.19. The third kappa shape index (κ3) is 7.99. The molecule has 0 bridgehead atoms. The molecule has 0 aliphatic heterocycles. The minimum atomic E-state index is -0.893. The average Bonchev–Trinajstić information content (AvgIpc) is 2.98. The summed E-state index contributed by atoms with van der Waals surface area (Å²) in [6.07, 6.45) is 3.50. The summed E-state index contributed by atoms with van der Waals surface area (Å²) in [5, 5.41) is 11.5. The number of hydrogen-bond acceptors (Lipinski definition) is 7. The van der Waals surface area contributed by atoms with Gasteiger partial charge in [-0.3, -0.25) is 0 Å². The van der Waals surface area contributed by atoms with Crippen molar-refractivity contribution in [1.29, 1.82) is 0 Å². The van der Waals surface area contributed by atoms with E-state index >= 15 is 0 Å². The van der Waals surface area contributed by atoms with E-state index in [1.165, 1.54) is 0 Å². The van der Waals surface area contributed by atoms with Gasteiger partial charge < -0.3 is 19.3 Å². The number of hydrogen-bond donors (Lipinski definition) is 1. The van der Waals surface area contributed by atoms with Gasteiger partial charge in [-0.25, -0.2) is 14.8 Å². The van der Waals surface area contributed by atoms with E-state index < -0.39 is 17.2 Å². The number of aromatic nitrogens is 2. The van der Waals surface area contributed by atoms with Crippen LogP contribution in [0, 0.1) is 12.8 Å². The topological polar surface area (TPSA) is 90.8 Å². The number of rotatable bonds is 9. The number of para-hydroxylation sites is 1. The molecule has 5 rings (SSSR count). The highest BCUT2D eigenvalue weighted by Crippen LogP contribution is 2.41. The number of aryl methyl sites for hydroxylation is 1. The molecule has 4 aromatic rings. The zero-order valence-electron chi connectivity index (χ0n) is 25.4. The van der Waals surface area contributed by atoms with Crippen molar-refractivity contribution in [2.75, 3.05) is 0 Å². The fraction of sp³-hybridized carbons (Fsp3) is 0.361. The molecule has 1 aliphatic carbocycles. The van der Waals surface area contributed by atoms with E-state index in [9.17, 15) is 9.90 Å². The van der Waals surface area contributed by atoms with Crippen LogP contribution in [-0.4, -0.2) is 26.6 Å². The summed E-state index contributed by atoms with van der Waals surface area (Å²) < 4.78 is 17.7. The summed E-state index contributed by atoms with van der Waals surface area (Å²) in [7, 11) is 0. The van der Waals surface area contributed by atoms with Gasteiger partial charge in [0.1, 0.15) is 29.5 Å². The molecule has 0 amide bonds. The molecule has 43 heavy (non-hydrogen) atoms. The minimum absolute atomic E-state index is 0.151. The lowest BCUT2D eigenvalue weighted by Crippen LogP contribution is -2.32. The van der Waals surface area contributed by atoms with Crippen molar-refractivity contribution in [2.24, 2.45) is 5.92 Å². The van der Waals surface area contributed by atoms with Gasteiger partial charge >= 0.3 is 5.97 Å². The number of benzene rings is 3. The van der Waals surface area contributed by atoms with Crippen LogP contribution in [0.5, 0.6) is 17.2 Å². The number of carbonyl (C=O) groups is 1. The van der Waals surface area contributed by atoms with Crippen molar-refractivity contribution < 1.29 is 24.1 Å². The molecule has 0 spiro atoms. The molecule has 7 heteroatoms. The van der Waals surface area contributed by atoms with Crippen LogP contribution >= 0.6 is 0 Å². The van der Waals surface area contributed by atoms with Gasteiger partial charge in [0.25, 0.3) is 0 Å². The fourth-order valence-electron chi connectivity index (χ4n) is 5.44. The molecule has 1 fully saturated rings. The van der Waals surface area contributed by atoms with E-state index in [0.717, 1.165) is 35.5 Å². The molecule has 0 radical (unpaired) electrons. The second kappa shape index (κ2) is 13.0. The maximum atomic E-state index is 13.2. The molecule has 0 unspecified atom stereocenters. The molecule has 1 N–H and O–H groups in total. The Labute approximate surface area is 253 Å². The van der Waals surface area contributed by atoms with Crippen molar-refractivity contribution in [2.45, 2.75) is 77.6 Å². The van der Waals surface area contributed by atoms with Crippen LogP contribution in [-0.2, 0) is 23.4 Å². The Balaban J connectivity index is 1.26. The second-order valence-electron chi connectivity index (χ2n) is 12.3. The molecule has 224 valence electrons. The third-order valence-electron chi connectivity index (χ3n) is 7.67. The number of aliphatic hydroxyl groups is 1. The zero-order valence-corrected chi connectivity index (χ0v) is 25.4. The molecule has 1 saturated carbocycles. The van der Waals surface area contributed by atoms with Crippen LogP contribution in [0.25, 0.3) is 0 Å². The number of carbonyl (C=O) groups excluding carboxylic acids is 1. The van der Waals surface area contributed by atoms with Crippen LogP contribution in [0.4, 0.5) is 0 Å². The zero-order chi connectivity index (χ0) is 30.5. The molecular weight excluding hydrogens is 540 g/mol. The van der Waals surface area contributed by atoms with E-state index in [1.807, 2.05) is 113 Å². The normalized spacial score (nSPS) is 18.6. The van der Waals surface area contributed by atoms with Crippen LogP contribution in [0.15, 0.2) is 84.9 Å². The third-order valence-corrected chi connectivity index (χ3v) is 7.67. The molecular formula is C36H40N2O5. The predicted molar refractivity (Wildman–Crippen MR) is 165 cm³/mol. The second-order valence-corrected chi connectivity index (χ2v) is 12.3. The predicted octanol–water partition coefficient (Wildman–Crippen LogP) is 7.73. The Morgan fingerprint density at radius 3 is 2.12 bits per heavy atom. The van der Waals surface area contributed by atoms with E-state index in [0.29, 0.717) is 43.1 Å². The van der Waals surface area contributed by atoms with Crippen molar-refractivity contribution in [3.63, 3.8) is 0 Å². The monoisotopic (exact) mass is 580 g/mol. The Hall–Kier alpha value is -4.23. The average molecular weight is 581 g/mol. The first kappa shape index (κ1) is 30.2. The van der Waals surface area contributed by atoms with Gasteiger partial charge in [0.05, 0.1) is 11.3 Å². The molecule has 7 nitrogen and oxygen atoms in total. The molecule has 3 aromatic carbocycles. The first-order chi connectivity index (χ1) is 20.6. The smallest absolute Gasteiger partial charge is 0.361 e. The first-order valence-electron chi connectivity index (χ1n) is 14.9. The van der Waals surface area contributed by atoms with Gasteiger partial charge in [-0.1, -0.05) is 60.7 Å². The van der Waals surface area contributed by atoms with E-state index in [4.69, 9.17) is 19.2 Å². The summed E-state index contributed by atoms with van der Waals surface area (Å²) in [6.45, 7) is 7.62. The highest BCUT2D eigenvalue weighted by atomic mass is 16.6. The SMILES string of the molecule is Cc1nc(CC2CCC(O)(c3ccc(Oc4ccccc4)cc3)CC2)nc(C(=O)OC(C)(C)C)c1OCc1ccccc1. The van der Waals surface area contributed by atoms with Gasteiger partial charge in [0.2, 0.25) is 0 Å². The van der Waals surface area contributed by atoms with Gasteiger partial charge in [0, 0.05) is 6.42 Å². The Morgan fingerprint density at radius 1 is 0.884 bits per heavy atom. The van der Waals surface area contributed by atoms with E-state index in [-0.39, 0.29) is 11.6 Å². The largest absolute Gasteiger partial charge is 0.484 e. The van der Waals surface area contributed by atoms with Crippen LogP contribution in [0.3, 0.4) is 0 Å². The Bertz CT molecular complexity index is 1510. The quantitative estimate of drug-likeness (QED) is 0.203. The lowest BCUT2D eigenvalue weighted by Gasteiger charge is -2.36.